The molecule has 0 spiro atoms. The Morgan fingerprint density at radius 3 is 2.34 bits per heavy atom. The zero-order chi connectivity index (χ0) is 23.2. The number of thiophene rings is 1. The second-order valence-corrected chi connectivity index (χ2v) is 10.1. The Balaban J connectivity index is 1.65. The average Bonchev–Trinajstić information content (AvgIpc) is 3.07. The lowest BCUT2D eigenvalue weighted by Gasteiger charge is -2.08. The molecule has 3 heterocycles. The summed E-state index contributed by atoms with van der Waals surface area (Å²) in [6, 6.07) is 7.33. The zero-order valence-corrected chi connectivity index (χ0v) is 19.6. The summed E-state index contributed by atoms with van der Waals surface area (Å²) < 4.78 is 27.6. The summed E-state index contributed by atoms with van der Waals surface area (Å²) in [6.07, 6.45) is 1.47. The van der Waals surface area contributed by atoms with Crippen LogP contribution in [0.15, 0.2) is 41.4 Å². The SMILES string of the molecule is Cc1ccnc(NS(=O)(=O)c2ccc(C(=O)c3sc4nc(C)c(C)c(C)c4c3N)cc2)n1. The van der Waals surface area contributed by atoms with Gasteiger partial charge in [0.1, 0.15) is 9.71 Å². The van der Waals surface area contributed by atoms with Gasteiger partial charge in [-0.15, -0.1) is 11.3 Å². The lowest BCUT2D eigenvalue weighted by molar-refractivity contribution is 0.104. The lowest BCUT2D eigenvalue weighted by Crippen LogP contribution is -2.15. The highest BCUT2D eigenvalue weighted by molar-refractivity contribution is 7.92. The molecule has 0 amide bonds. The summed E-state index contributed by atoms with van der Waals surface area (Å²) in [4.78, 5) is 26.8. The highest BCUT2D eigenvalue weighted by Crippen LogP contribution is 2.37. The number of hydrogen-bond donors (Lipinski definition) is 2. The van der Waals surface area contributed by atoms with Crippen LogP contribution < -0.4 is 10.5 Å². The minimum absolute atomic E-state index is 0.00719. The molecular formula is C22H21N5O3S2. The fraction of sp³-hybridized carbons (Fsp3) is 0.182. The van der Waals surface area contributed by atoms with Crippen molar-refractivity contribution in [3.8, 4) is 0 Å². The number of carbonyl (C=O) groups is 1. The first-order chi connectivity index (χ1) is 15.1. The molecule has 3 aromatic heterocycles. The Morgan fingerprint density at radius 2 is 1.69 bits per heavy atom. The number of ketones is 1. The number of carbonyl (C=O) groups excluding carboxylic acids is 1. The number of fused-ring (bicyclic) bond motifs is 1. The number of rotatable bonds is 5. The number of aromatic nitrogens is 3. The van der Waals surface area contributed by atoms with E-state index < -0.39 is 10.0 Å². The molecule has 10 heteroatoms. The topological polar surface area (TPSA) is 128 Å². The maximum atomic E-state index is 13.1. The standard InChI is InChI=1S/C22H21N5O3S2/c1-11-9-10-24-22(25-11)27-32(29,30)16-7-5-15(6-8-16)19(28)20-18(23)17-13(3)12(2)14(4)26-21(17)31-20/h5-10H,23H2,1-4H3,(H,24,25,27). The first-order valence-corrected chi connectivity index (χ1v) is 12.0. The van der Waals surface area contributed by atoms with E-state index in [4.69, 9.17) is 5.73 Å². The predicted molar refractivity (Wildman–Crippen MR) is 126 cm³/mol. The molecule has 0 saturated carbocycles. The monoisotopic (exact) mass is 467 g/mol. The molecule has 4 aromatic rings. The van der Waals surface area contributed by atoms with Crippen molar-refractivity contribution in [3.63, 3.8) is 0 Å². The Kier molecular flexibility index (Phi) is 5.43. The molecule has 164 valence electrons. The number of nitrogens with two attached hydrogens (primary N) is 1. The predicted octanol–water partition coefficient (Wildman–Crippen LogP) is 3.93. The van der Waals surface area contributed by atoms with E-state index in [1.807, 2.05) is 20.8 Å². The Morgan fingerprint density at radius 1 is 1.00 bits per heavy atom. The van der Waals surface area contributed by atoms with E-state index in [1.54, 1.807) is 13.0 Å². The molecule has 8 nitrogen and oxygen atoms in total. The summed E-state index contributed by atoms with van der Waals surface area (Å²) in [7, 11) is -3.90. The maximum Gasteiger partial charge on any atom is 0.264 e. The van der Waals surface area contributed by atoms with Crippen LogP contribution in [0.5, 0.6) is 0 Å². The largest absolute Gasteiger partial charge is 0.397 e. The van der Waals surface area contributed by atoms with Gasteiger partial charge >= 0.3 is 0 Å². The van der Waals surface area contributed by atoms with Crippen molar-refractivity contribution in [2.24, 2.45) is 0 Å². The van der Waals surface area contributed by atoms with E-state index in [2.05, 4.69) is 19.7 Å². The van der Waals surface area contributed by atoms with Crippen LogP contribution in [0, 0.1) is 27.7 Å². The van der Waals surface area contributed by atoms with Gasteiger partial charge in [-0.3, -0.25) is 4.79 Å². The molecule has 0 fully saturated rings. The third kappa shape index (κ3) is 3.82. The van der Waals surface area contributed by atoms with Gasteiger partial charge in [0.2, 0.25) is 11.7 Å². The van der Waals surface area contributed by atoms with E-state index in [0.29, 0.717) is 26.7 Å². The number of aryl methyl sites for hydroxylation is 3. The first kappa shape index (κ1) is 21.8. The third-order valence-corrected chi connectivity index (χ3v) is 7.77. The van der Waals surface area contributed by atoms with Crippen LogP contribution in [0.1, 0.15) is 37.7 Å². The lowest BCUT2D eigenvalue weighted by atomic mass is 10.0. The number of nitrogens with zero attached hydrogens (tertiary/aromatic N) is 3. The quantitative estimate of drug-likeness (QED) is 0.426. The van der Waals surface area contributed by atoms with Crippen molar-refractivity contribution in [1.82, 2.24) is 15.0 Å². The van der Waals surface area contributed by atoms with Crippen LogP contribution in [0.3, 0.4) is 0 Å². The van der Waals surface area contributed by atoms with Crippen molar-refractivity contribution in [1.29, 1.82) is 0 Å². The molecule has 4 rings (SSSR count). The van der Waals surface area contributed by atoms with E-state index in [1.165, 1.54) is 41.8 Å². The number of benzene rings is 1. The minimum Gasteiger partial charge on any atom is -0.397 e. The van der Waals surface area contributed by atoms with Crippen molar-refractivity contribution < 1.29 is 13.2 Å². The maximum absolute atomic E-state index is 13.1. The minimum atomic E-state index is -3.90. The van der Waals surface area contributed by atoms with E-state index >= 15 is 0 Å². The molecule has 0 aliphatic rings. The second kappa shape index (κ2) is 7.95. The second-order valence-electron chi connectivity index (χ2n) is 7.45. The molecule has 0 bridgehead atoms. The first-order valence-electron chi connectivity index (χ1n) is 9.71. The van der Waals surface area contributed by atoms with E-state index in [-0.39, 0.29) is 16.6 Å². The molecular weight excluding hydrogens is 446 g/mol. The fourth-order valence-corrected chi connectivity index (χ4v) is 5.44. The van der Waals surface area contributed by atoms with Crippen LogP contribution in [0.2, 0.25) is 0 Å². The Labute approximate surface area is 189 Å². The van der Waals surface area contributed by atoms with Crippen LogP contribution in [0.4, 0.5) is 11.6 Å². The average molecular weight is 468 g/mol. The van der Waals surface area contributed by atoms with Gasteiger partial charge in [0.25, 0.3) is 10.0 Å². The van der Waals surface area contributed by atoms with Crippen molar-refractivity contribution in [2.75, 3.05) is 10.5 Å². The normalized spacial score (nSPS) is 11.6. The Bertz CT molecular complexity index is 1480. The summed E-state index contributed by atoms with van der Waals surface area (Å²) in [5.74, 6) is -0.296. The number of pyridine rings is 1. The fourth-order valence-electron chi connectivity index (χ4n) is 3.33. The summed E-state index contributed by atoms with van der Waals surface area (Å²) in [6.45, 7) is 7.60. The number of nitrogen functional groups attached to an aromatic ring is 1. The molecule has 0 saturated heterocycles. The van der Waals surface area contributed by atoms with Gasteiger partial charge in [0, 0.05) is 28.5 Å². The molecule has 3 N–H and O–H groups in total. The summed E-state index contributed by atoms with van der Waals surface area (Å²) >= 11 is 1.24. The van der Waals surface area contributed by atoms with E-state index in [9.17, 15) is 13.2 Å². The van der Waals surface area contributed by atoms with E-state index in [0.717, 1.165) is 22.2 Å². The highest BCUT2D eigenvalue weighted by atomic mass is 32.2. The van der Waals surface area contributed by atoms with Crippen molar-refractivity contribution in [3.05, 3.63) is 69.5 Å². The van der Waals surface area contributed by atoms with Gasteiger partial charge in [-0.05, 0) is 69.2 Å². The number of anilines is 2. The summed E-state index contributed by atoms with van der Waals surface area (Å²) in [5.41, 5.74) is 10.6. The van der Waals surface area contributed by atoms with Gasteiger partial charge in [-0.1, -0.05) is 0 Å². The molecule has 0 unspecified atom stereocenters. The van der Waals surface area contributed by atoms with Crippen molar-refractivity contribution >= 4 is 49.0 Å². The molecule has 0 atom stereocenters. The Hall–Kier alpha value is -3.37. The van der Waals surface area contributed by atoms with Crippen LogP contribution >= 0.6 is 11.3 Å². The van der Waals surface area contributed by atoms with Crippen LogP contribution in [-0.4, -0.2) is 29.2 Å². The van der Waals surface area contributed by atoms with Gasteiger partial charge in [0.05, 0.1) is 10.6 Å². The van der Waals surface area contributed by atoms with Gasteiger partial charge in [-0.2, -0.15) is 0 Å². The molecule has 0 aliphatic carbocycles. The molecule has 32 heavy (non-hydrogen) atoms. The van der Waals surface area contributed by atoms with Gasteiger partial charge in [-0.25, -0.2) is 28.1 Å². The molecule has 0 radical (unpaired) electrons. The molecule has 0 aliphatic heterocycles. The molecule has 1 aromatic carbocycles. The smallest absolute Gasteiger partial charge is 0.264 e. The summed E-state index contributed by atoms with van der Waals surface area (Å²) in [5, 5.41) is 0.794. The zero-order valence-electron chi connectivity index (χ0n) is 17.9. The van der Waals surface area contributed by atoms with Crippen LogP contribution in [0.25, 0.3) is 10.2 Å². The van der Waals surface area contributed by atoms with Crippen LogP contribution in [-0.2, 0) is 10.0 Å². The number of hydrogen-bond acceptors (Lipinski definition) is 8. The van der Waals surface area contributed by atoms with Crippen molar-refractivity contribution in [2.45, 2.75) is 32.6 Å². The number of sulfonamides is 1. The number of nitrogens with one attached hydrogen (secondary N) is 1. The highest BCUT2D eigenvalue weighted by Gasteiger charge is 2.22. The van der Waals surface area contributed by atoms with Gasteiger partial charge in [0.15, 0.2) is 0 Å². The third-order valence-electron chi connectivity index (χ3n) is 5.33. The van der Waals surface area contributed by atoms with Gasteiger partial charge < -0.3 is 5.73 Å².